The van der Waals surface area contributed by atoms with E-state index < -0.39 is 5.41 Å². The molecule has 0 heterocycles. The molecule has 5 heteroatoms. The molecule has 0 aromatic heterocycles. The van der Waals surface area contributed by atoms with E-state index >= 15 is 0 Å². The van der Waals surface area contributed by atoms with Crippen molar-refractivity contribution < 1.29 is 14.7 Å². The SMILES string of the molecule is Cc1cccc(C2(C(=O)NCCNC(=O)c3ccc(O)cc3)CC2)c1. The number of carbonyl (C=O) groups is 2. The summed E-state index contributed by atoms with van der Waals surface area (Å²) in [6.07, 6.45) is 1.73. The van der Waals surface area contributed by atoms with Gasteiger partial charge in [-0.05, 0) is 49.6 Å². The average molecular weight is 338 g/mol. The van der Waals surface area contributed by atoms with Gasteiger partial charge in [0.15, 0.2) is 0 Å². The highest BCUT2D eigenvalue weighted by Gasteiger charge is 2.51. The van der Waals surface area contributed by atoms with E-state index in [4.69, 9.17) is 0 Å². The molecule has 0 saturated heterocycles. The first-order valence-corrected chi connectivity index (χ1v) is 8.44. The fourth-order valence-electron chi connectivity index (χ4n) is 2.95. The summed E-state index contributed by atoms with van der Waals surface area (Å²) in [5, 5.41) is 14.9. The summed E-state index contributed by atoms with van der Waals surface area (Å²) in [6.45, 7) is 2.77. The number of rotatable bonds is 6. The molecular weight excluding hydrogens is 316 g/mol. The molecule has 0 atom stereocenters. The molecule has 25 heavy (non-hydrogen) atoms. The van der Waals surface area contributed by atoms with Gasteiger partial charge in [-0.3, -0.25) is 9.59 Å². The van der Waals surface area contributed by atoms with Gasteiger partial charge >= 0.3 is 0 Å². The van der Waals surface area contributed by atoms with E-state index in [1.807, 2.05) is 25.1 Å². The Hall–Kier alpha value is -2.82. The Morgan fingerprint density at radius 1 is 1.04 bits per heavy atom. The third kappa shape index (κ3) is 3.82. The van der Waals surface area contributed by atoms with Crippen LogP contribution in [0.15, 0.2) is 48.5 Å². The fraction of sp³-hybridized carbons (Fsp3) is 0.300. The summed E-state index contributed by atoms with van der Waals surface area (Å²) in [7, 11) is 0. The molecule has 1 aliphatic carbocycles. The van der Waals surface area contributed by atoms with Gasteiger partial charge in [0.1, 0.15) is 5.75 Å². The third-order valence-electron chi connectivity index (χ3n) is 4.58. The van der Waals surface area contributed by atoms with Crippen LogP contribution in [-0.2, 0) is 10.2 Å². The summed E-state index contributed by atoms with van der Waals surface area (Å²) >= 11 is 0. The van der Waals surface area contributed by atoms with E-state index in [2.05, 4.69) is 16.7 Å². The van der Waals surface area contributed by atoms with Crippen LogP contribution in [0.4, 0.5) is 0 Å². The summed E-state index contributed by atoms with van der Waals surface area (Å²) < 4.78 is 0. The molecule has 0 bridgehead atoms. The molecule has 1 fully saturated rings. The van der Waals surface area contributed by atoms with Crippen LogP contribution >= 0.6 is 0 Å². The number of amides is 2. The minimum absolute atomic E-state index is 0.0250. The Labute approximate surface area is 147 Å². The minimum atomic E-state index is -0.396. The maximum atomic E-state index is 12.5. The first kappa shape index (κ1) is 17.0. The second-order valence-electron chi connectivity index (χ2n) is 6.51. The average Bonchev–Trinajstić information content (AvgIpc) is 3.41. The predicted octanol–water partition coefficient (Wildman–Crippen LogP) is 2.28. The summed E-state index contributed by atoms with van der Waals surface area (Å²) in [5.74, 6) is -0.0826. The Bertz CT molecular complexity index is 780. The summed E-state index contributed by atoms with van der Waals surface area (Å²) in [6, 6.07) is 14.1. The standard InChI is InChI=1S/C20H22N2O3/c1-14-3-2-4-16(13-14)20(9-10-20)19(25)22-12-11-21-18(24)15-5-7-17(23)8-6-15/h2-8,13,23H,9-12H2,1H3,(H,21,24)(H,22,25). The van der Waals surface area contributed by atoms with Crippen molar-refractivity contribution in [1.82, 2.24) is 10.6 Å². The van der Waals surface area contributed by atoms with Gasteiger partial charge in [0, 0.05) is 18.7 Å². The highest BCUT2D eigenvalue weighted by Crippen LogP contribution is 2.48. The van der Waals surface area contributed by atoms with E-state index in [1.54, 1.807) is 12.1 Å². The van der Waals surface area contributed by atoms with Gasteiger partial charge in [0.05, 0.1) is 5.41 Å². The Kier molecular flexibility index (Phi) is 4.74. The van der Waals surface area contributed by atoms with Crippen LogP contribution in [0.5, 0.6) is 5.75 Å². The van der Waals surface area contributed by atoms with Crippen LogP contribution in [0.2, 0.25) is 0 Å². The number of phenolic OH excluding ortho intramolecular Hbond substituents is 1. The van der Waals surface area contributed by atoms with Crippen LogP contribution in [0.25, 0.3) is 0 Å². The summed E-state index contributed by atoms with van der Waals surface area (Å²) in [5.41, 5.74) is 2.30. The molecule has 0 unspecified atom stereocenters. The van der Waals surface area contributed by atoms with E-state index in [0.29, 0.717) is 18.7 Å². The molecule has 3 rings (SSSR count). The Morgan fingerprint density at radius 2 is 1.72 bits per heavy atom. The number of aromatic hydroxyl groups is 1. The molecule has 2 amide bonds. The molecule has 1 saturated carbocycles. The normalized spacial score (nSPS) is 14.6. The molecule has 5 nitrogen and oxygen atoms in total. The quantitative estimate of drug-likeness (QED) is 0.707. The lowest BCUT2D eigenvalue weighted by Gasteiger charge is -2.16. The van der Waals surface area contributed by atoms with Gasteiger partial charge < -0.3 is 15.7 Å². The van der Waals surface area contributed by atoms with Crippen molar-refractivity contribution in [2.24, 2.45) is 0 Å². The highest BCUT2D eigenvalue weighted by atomic mass is 16.3. The second kappa shape index (κ2) is 6.97. The van der Waals surface area contributed by atoms with Crippen molar-refractivity contribution in [1.29, 1.82) is 0 Å². The predicted molar refractivity (Wildman–Crippen MR) is 95.5 cm³/mol. The van der Waals surface area contributed by atoms with Gasteiger partial charge in [-0.1, -0.05) is 29.8 Å². The van der Waals surface area contributed by atoms with Crippen molar-refractivity contribution >= 4 is 11.8 Å². The third-order valence-corrected chi connectivity index (χ3v) is 4.58. The smallest absolute Gasteiger partial charge is 0.251 e. The maximum Gasteiger partial charge on any atom is 0.251 e. The van der Waals surface area contributed by atoms with E-state index in [0.717, 1.165) is 24.0 Å². The number of carbonyl (C=O) groups excluding carboxylic acids is 2. The van der Waals surface area contributed by atoms with Gasteiger partial charge in [-0.15, -0.1) is 0 Å². The number of aryl methyl sites for hydroxylation is 1. The van der Waals surface area contributed by atoms with Crippen molar-refractivity contribution in [3.05, 3.63) is 65.2 Å². The van der Waals surface area contributed by atoms with Crippen LogP contribution in [0.1, 0.15) is 34.3 Å². The molecular formula is C20H22N2O3. The number of hydrogen-bond donors (Lipinski definition) is 3. The second-order valence-corrected chi connectivity index (χ2v) is 6.51. The van der Waals surface area contributed by atoms with Gasteiger partial charge in [0.25, 0.3) is 5.91 Å². The van der Waals surface area contributed by atoms with Crippen molar-refractivity contribution in [3.8, 4) is 5.75 Å². The summed E-state index contributed by atoms with van der Waals surface area (Å²) in [4.78, 5) is 24.5. The highest BCUT2D eigenvalue weighted by molar-refractivity contribution is 5.94. The van der Waals surface area contributed by atoms with E-state index in [9.17, 15) is 14.7 Å². The first-order chi connectivity index (χ1) is 12.0. The Balaban J connectivity index is 1.48. The van der Waals surface area contributed by atoms with Gasteiger partial charge in [-0.25, -0.2) is 0 Å². The van der Waals surface area contributed by atoms with Crippen molar-refractivity contribution in [3.63, 3.8) is 0 Å². The first-order valence-electron chi connectivity index (χ1n) is 8.44. The lowest BCUT2D eigenvalue weighted by Crippen LogP contribution is -2.39. The topological polar surface area (TPSA) is 78.4 Å². The molecule has 0 aliphatic heterocycles. The molecule has 0 radical (unpaired) electrons. The van der Waals surface area contributed by atoms with Crippen molar-refractivity contribution in [2.75, 3.05) is 13.1 Å². The lowest BCUT2D eigenvalue weighted by atomic mass is 9.93. The number of benzene rings is 2. The molecule has 0 spiro atoms. The maximum absolute atomic E-state index is 12.5. The number of nitrogens with one attached hydrogen (secondary N) is 2. The van der Waals surface area contributed by atoms with Crippen LogP contribution in [-0.4, -0.2) is 30.0 Å². The van der Waals surface area contributed by atoms with Gasteiger partial charge in [0.2, 0.25) is 5.91 Å². The van der Waals surface area contributed by atoms with Crippen LogP contribution in [0.3, 0.4) is 0 Å². The Morgan fingerprint density at radius 3 is 2.36 bits per heavy atom. The van der Waals surface area contributed by atoms with E-state index in [1.165, 1.54) is 12.1 Å². The van der Waals surface area contributed by atoms with Crippen molar-refractivity contribution in [2.45, 2.75) is 25.2 Å². The zero-order valence-corrected chi connectivity index (χ0v) is 14.2. The number of hydrogen-bond acceptors (Lipinski definition) is 3. The van der Waals surface area contributed by atoms with E-state index in [-0.39, 0.29) is 17.6 Å². The van der Waals surface area contributed by atoms with Crippen LogP contribution in [0, 0.1) is 6.92 Å². The zero-order valence-electron chi connectivity index (χ0n) is 14.2. The molecule has 3 N–H and O–H groups in total. The monoisotopic (exact) mass is 338 g/mol. The molecule has 130 valence electrons. The van der Waals surface area contributed by atoms with Gasteiger partial charge in [-0.2, -0.15) is 0 Å². The largest absolute Gasteiger partial charge is 0.508 e. The number of phenols is 1. The minimum Gasteiger partial charge on any atom is -0.508 e. The molecule has 1 aliphatic rings. The lowest BCUT2D eigenvalue weighted by molar-refractivity contribution is -0.123. The zero-order chi connectivity index (χ0) is 17.9. The molecule has 2 aromatic rings. The fourth-order valence-corrected chi connectivity index (χ4v) is 2.95. The van der Waals surface area contributed by atoms with Crippen LogP contribution < -0.4 is 10.6 Å². The molecule has 2 aromatic carbocycles.